The minimum absolute atomic E-state index is 0.00191. The molecule has 2 aromatic heterocycles. The maximum absolute atomic E-state index is 13.0. The number of halogens is 4. The van der Waals surface area contributed by atoms with Crippen molar-refractivity contribution in [3.63, 3.8) is 0 Å². The molecule has 1 fully saturated rings. The van der Waals surface area contributed by atoms with Gasteiger partial charge in [0.2, 0.25) is 5.88 Å². The molecule has 0 spiro atoms. The van der Waals surface area contributed by atoms with Crippen molar-refractivity contribution in [3.05, 3.63) is 72.7 Å². The van der Waals surface area contributed by atoms with Crippen molar-refractivity contribution in [2.24, 2.45) is 5.92 Å². The van der Waals surface area contributed by atoms with Crippen molar-refractivity contribution in [3.8, 4) is 5.88 Å². The lowest BCUT2D eigenvalue weighted by atomic mass is 9.86. The largest absolute Gasteiger partial charge is 0.474 e. The average Bonchev–Trinajstić information content (AvgIpc) is 3.38. The van der Waals surface area contributed by atoms with E-state index in [0.29, 0.717) is 43.4 Å². The summed E-state index contributed by atoms with van der Waals surface area (Å²) in [6, 6.07) is 9.02. The number of nitrogens with zero attached hydrogens (tertiary/aromatic N) is 3. The predicted octanol–water partition coefficient (Wildman–Crippen LogP) is 6.48. The lowest BCUT2D eigenvalue weighted by Gasteiger charge is -2.25. The van der Waals surface area contributed by atoms with Gasteiger partial charge >= 0.3 is 0 Å². The van der Waals surface area contributed by atoms with Crippen LogP contribution in [0.3, 0.4) is 0 Å². The molecule has 1 amide bonds. The van der Waals surface area contributed by atoms with E-state index in [4.69, 9.17) is 51.1 Å². The average molecular weight is 517 g/mol. The Labute approximate surface area is 203 Å². The first kappa shape index (κ1) is 22.6. The molecule has 0 bridgehead atoms. The van der Waals surface area contributed by atoms with Gasteiger partial charge in [0.15, 0.2) is 4.47 Å². The Morgan fingerprint density at radius 1 is 1.10 bits per heavy atom. The smallest absolute Gasteiger partial charge is 0.265 e. The second kappa shape index (κ2) is 9.51. The number of likely N-dealkylation sites (tertiary alicyclic amines) is 1. The molecule has 5 nitrogen and oxygen atoms in total. The van der Waals surface area contributed by atoms with Crippen molar-refractivity contribution in [1.82, 2.24) is 14.9 Å². The van der Waals surface area contributed by atoms with E-state index >= 15 is 0 Å². The minimum Gasteiger partial charge on any atom is -0.474 e. The number of amides is 1. The van der Waals surface area contributed by atoms with Crippen LogP contribution in [0, 0.1) is 5.92 Å². The van der Waals surface area contributed by atoms with Crippen LogP contribution in [-0.2, 0) is 0 Å². The van der Waals surface area contributed by atoms with E-state index in [-0.39, 0.29) is 23.8 Å². The van der Waals surface area contributed by atoms with E-state index in [1.165, 1.54) is 23.7 Å². The van der Waals surface area contributed by atoms with E-state index in [1.54, 1.807) is 23.1 Å². The van der Waals surface area contributed by atoms with Gasteiger partial charge in [0, 0.05) is 37.2 Å². The SMILES string of the molecule is C[C@H](Oc1ccc(Cl)cn1)[C@@H]1CN(C(=O)c2cnc(Cl)s2)C[C@@H]1c1ccc(Cl)c(Cl)c1. The zero-order valence-corrected chi connectivity index (χ0v) is 20.1. The summed E-state index contributed by atoms with van der Waals surface area (Å²) in [5.74, 6) is 0.379. The van der Waals surface area contributed by atoms with E-state index in [1.807, 2.05) is 19.1 Å². The van der Waals surface area contributed by atoms with E-state index in [9.17, 15) is 4.79 Å². The van der Waals surface area contributed by atoms with Gasteiger partial charge in [-0.2, -0.15) is 0 Å². The molecule has 162 valence electrons. The Morgan fingerprint density at radius 2 is 1.90 bits per heavy atom. The van der Waals surface area contributed by atoms with E-state index in [0.717, 1.165) is 5.56 Å². The summed E-state index contributed by atoms with van der Waals surface area (Å²) in [6.45, 7) is 3.00. The number of carbonyl (C=O) groups is 1. The number of pyridine rings is 1. The molecular weight excluding hydrogens is 500 g/mol. The van der Waals surface area contributed by atoms with Gasteiger partial charge < -0.3 is 9.64 Å². The maximum Gasteiger partial charge on any atom is 0.265 e. The molecule has 3 heterocycles. The Balaban J connectivity index is 1.60. The quantitative estimate of drug-likeness (QED) is 0.389. The van der Waals surface area contributed by atoms with Crippen molar-refractivity contribution in [1.29, 1.82) is 0 Å². The summed E-state index contributed by atoms with van der Waals surface area (Å²) in [7, 11) is 0. The first-order valence-electron chi connectivity index (χ1n) is 9.45. The van der Waals surface area contributed by atoms with Gasteiger partial charge in [-0.15, -0.1) is 0 Å². The number of hydrogen-bond donors (Lipinski definition) is 0. The van der Waals surface area contributed by atoms with Gasteiger partial charge in [0.25, 0.3) is 5.91 Å². The van der Waals surface area contributed by atoms with Gasteiger partial charge in [0.1, 0.15) is 11.0 Å². The Kier molecular flexibility index (Phi) is 6.94. The highest BCUT2D eigenvalue weighted by Gasteiger charge is 2.41. The molecule has 0 unspecified atom stereocenters. The van der Waals surface area contributed by atoms with Gasteiger partial charge in [0.05, 0.1) is 21.3 Å². The van der Waals surface area contributed by atoms with E-state index < -0.39 is 0 Å². The van der Waals surface area contributed by atoms with Crippen molar-refractivity contribution in [2.75, 3.05) is 13.1 Å². The first-order valence-corrected chi connectivity index (χ1v) is 11.8. The van der Waals surface area contributed by atoms with Crippen LogP contribution in [-0.4, -0.2) is 40.0 Å². The molecule has 10 heteroatoms. The first-order chi connectivity index (χ1) is 14.8. The van der Waals surface area contributed by atoms with Crippen LogP contribution >= 0.6 is 57.7 Å². The van der Waals surface area contributed by atoms with Crippen LogP contribution < -0.4 is 4.74 Å². The highest BCUT2D eigenvalue weighted by atomic mass is 35.5. The molecular formula is C21H17Cl4N3O2S. The molecule has 0 N–H and O–H groups in total. The van der Waals surface area contributed by atoms with Crippen LogP contribution in [0.5, 0.6) is 5.88 Å². The van der Waals surface area contributed by atoms with Crippen LogP contribution in [0.25, 0.3) is 0 Å². The third-order valence-electron chi connectivity index (χ3n) is 5.32. The van der Waals surface area contributed by atoms with Gasteiger partial charge in [-0.05, 0) is 30.7 Å². The second-order valence-electron chi connectivity index (χ2n) is 7.27. The van der Waals surface area contributed by atoms with Crippen molar-refractivity contribution in [2.45, 2.75) is 18.9 Å². The third kappa shape index (κ3) is 5.10. The topological polar surface area (TPSA) is 55.3 Å². The third-order valence-corrected chi connectivity index (χ3v) is 7.39. The highest BCUT2D eigenvalue weighted by Crippen LogP contribution is 2.39. The fourth-order valence-electron chi connectivity index (χ4n) is 3.78. The summed E-state index contributed by atoms with van der Waals surface area (Å²) in [6.07, 6.45) is 2.82. The molecule has 0 saturated carbocycles. The molecule has 3 aromatic rings. The predicted molar refractivity (Wildman–Crippen MR) is 125 cm³/mol. The number of carbonyl (C=O) groups excluding carboxylic acids is 1. The lowest BCUT2D eigenvalue weighted by Crippen LogP contribution is -2.32. The normalized spacial score (nSPS) is 19.5. The van der Waals surface area contributed by atoms with Crippen LogP contribution in [0.1, 0.15) is 28.1 Å². The zero-order valence-electron chi connectivity index (χ0n) is 16.3. The van der Waals surface area contributed by atoms with Gasteiger partial charge in [-0.1, -0.05) is 63.8 Å². The lowest BCUT2D eigenvalue weighted by molar-refractivity contribution is 0.0774. The minimum atomic E-state index is -0.226. The van der Waals surface area contributed by atoms with Crippen molar-refractivity contribution >= 4 is 63.6 Å². The Hall–Kier alpha value is -1.57. The highest BCUT2D eigenvalue weighted by molar-refractivity contribution is 7.17. The van der Waals surface area contributed by atoms with Crippen molar-refractivity contribution < 1.29 is 9.53 Å². The molecule has 1 aliphatic heterocycles. The van der Waals surface area contributed by atoms with Gasteiger partial charge in [-0.25, -0.2) is 9.97 Å². The molecule has 3 atom stereocenters. The van der Waals surface area contributed by atoms with Crippen LogP contribution in [0.15, 0.2) is 42.7 Å². The van der Waals surface area contributed by atoms with Crippen LogP contribution in [0.4, 0.5) is 0 Å². The summed E-state index contributed by atoms with van der Waals surface area (Å²) in [5, 5.41) is 1.50. The molecule has 1 saturated heterocycles. The monoisotopic (exact) mass is 515 g/mol. The standard InChI is InChI=1S/C21H17Cl4N3O2S/c1-11(30-19-5-3-13(22)7-26-19)14-9-28(20(29)18-8-27-21(25)31-18)10-15(14)12-2-4-16(23)17(24)6-12/h2-8,11,14-15H,9-10H2,1H3/t11-,14-,15+/m0/s1. The second-order valence-corrected chi connectivity index (χ2v) is 10.1. The summed E-state index contributed by atoms with van der Waals surface area (Å²) in [4.78, 5) is 23.6. The summed E-state index contributed by atoms with van der Waals surface area (Å²) >= 11 is 25.4. The number of rotatable bonds is 5. The number of benzene rings is 1. The summed E-state index contributed by atoms with van der Waals surface area (Å²) in [5.41, 5.74) is 0.997. The molecule has 31 heavy (non-hydrogen) atoms. The van der Waals surface area contributed by atoms with Gasteiger partial charge in [-0.3, -0.25) is 4.79 Å². The number of aromatic nitrogens is 2. The summed E-state index contributed by atoms with van der Waals surface area (Å²) < 4.78 is 6.44. The fraction of sp³-hybridized carbons (Fsp3) is 0.286. The van der Waals surface area contributed by atoms with E-state index in [2.05, 4.69) is 9.97 Å². The molecule has 1 aliphatic rings. The molecule has 0 radical (unpaired) electrons. The molecule has 1 aromatic carbocycles. The number of thiazole rings is 1. The fourth-order valence-corrected chi connectivity index (χ4v) is 5.11. The zero-order chi connectivity index (χ0) is 22.1. The maximum atomic E-state index is 13.0. The number of ether oxygens (including phenoxy) is 1. The number of hydrogen-bond acceptors (Lipinski definition) is 5. The molecule has 4 rings (SSSR count). The molecule has 0 aliphatic carbocycles. The van der Waals surface area contributed by atoms with Crippen LogP contribution in [0.2, 0.25) is 19.5 Å². The Morgan fingerprint density at radius 3 is 2.55 bits per heavy atom. The Bertz CT molecular complexity index is 1090.